The van der Waals surface area contributed by atoms with E-state index < -0.39 is 71.8 Å². The number of amides is 5. The minimum Gasteiger partial charge on any atom is -0.493 e. The average molecular weight is 760 g/mol. The Labute approximate surface area is 324 Å². The monoisotopic (exact) mass is 759 g/mol. The van der Waals surface area contributed by atoms with E-state index in [-0.39, 0.29) is 25.3 Å². The third-order valence-electron chi connectivity index (χ3n) is 10.6. The van der Waals surface area contributed by atoms with E-state index in [2.05, 4.69) is 17.2 Å². The van der Waals surface area contributed by atoms with Crippen LogP contribution in [0.3, 0.4) is 0 Å². The molecule has 2 heterocycles. The molecule has 7 unspecified atom stereocenters. The molecule has 2 aromatic rings. The minimum atomic E-state index is -1.29. The molecule has 298 valence electrons. The Morgan fingerprint density at radius 3 is 2.16 bits per heavy atom. The molecule has 2 fully saturated rings. The van der Waals surface area contributed by atoms with Gasteiger partial charge in [-0.05, 0) is 62.8 Å². The summed E-state index contributed by atoms with van der Waals surface area (Å²) in [4.78, 5) is 88.1. The highest BCUT2D eigenvalue weighted by molar-refractivity contribution is 5.97. The van der Waals surface area contributed by atoms with Gasteiger partial charge in [-0.3, -0.25) is 24.0 Å². The van der Waals surface area contributed by atoms with Gasteiger partial charge in [0.15, 0.2) is 6.10 Å². The van der Waals surface area contributed by atoms with E-state index in [1.165, 1.54) is 42.6 Å². The number of ether oxygens (including phenoxy) is 2. The standard InChI is InChI=1S/C42H57N5O8/c1-9-27(4)36-38(49)44-33(24-31-17-19-32(20-18-31)54-23-21-26(2)3)40(51)45(7)29(6)42(53)55-35(25-30-14-11-10-12-15-30)41(52)47-22-13-16-34(47)37(48)43-28(5)39(50)46(36)8/h10-12,14-15,17-20,27-29,33-36H,2,9,13,16,21-25H2,1,3-8H3,(H,43,48)(H,44,49). The molecule has 0 aromatic heterocycles. The summed E-state index contributed by atoms with van der Waals surface area (Å²) in [5.74, 6) is -3.18. The second kappa shape index (κ2) is 19.4. The molecule has 0 saturated carbocycles. The van der Waals surface area contributed by atoms with Crippen molar-refractivity contribution < 1.29 is 38.2 Å². The molecule has 2 aliphatic rings. The van der Waals surface area contributed by atoms with Crippen molar-refractivity contribution in [1.82, 2.24) is 25.3 Å². The molecular weight excluding hydrogens is 702 g/mol. The zero-order valence-electron chi connectivity index (χ0n) is 33.2. The van der Waals surface area contributed by atoms with Crippen LogP contribution in [0.5, 0.6) is 5.75 Å². The van der Waals surface area contributed by atoms with Crippen LogP contribution in [0.4, 0.5) is 0 Å². The maximum absolute atomic E-state index is 14.4. The van der Waals surface area contributed by atoms with Crippen LogP contribution >= 0.6 is 0 Å². The van der Waals surface area contributed by atoms with Gasteiger partial charge in [0.05, 0.1) is 6.61 Å². The molecule has 13 nitrogen and oxygen atoms in total. The molecule has 7 atom stereocenters. The number of benzene rings is 2. The van der Waals surface area contributed by atoms with Crippen LogP contribution in [-0.2, 0) is 46.3 Å². The summed E-state index contributed by atoms with van der Waals surface area (Å²) in [6.07, 6.45) is 0.951. The van der Waals surface area contributed by atoms with E-state index in [9.17, 15) is 28.8 Å². The lowest BCUT2D eigenvalue weighted by Crippen LogP contribution is -2.60. The van der Waals surface area contributed by atoms with Gasteiger partial charge in [0, 0.05) is 39.9 Å². The third-order valence-corrected chi connectivity index (χ3v) is 10.6. The number of cyclic esters (lactones) is 1. The lowest BCUT2D eigenvalue weighted by atomic mass is 9.95. The molecule has 2 aromatic carbocycles. The van der Waals surface area contributed by atoms with Crippen molar-refractivity contribution in [1.29, 1.82) is 0 Å². The highest BCUT2D eigenvalue weighted by atomic mass is 16.6. The number of rotatable bonds is 10. The summed E-state index contributed by atoms with van der Waals surface area (Å²) in [7, 11) is 2.95. The largest absolute Gasteiger partial charge is 0.493 e. The second-order valence-electron chi connectivity index (χ2n) is 14.9. The van der Waals surface area contributed by atoms with Gasteiger partial charge >= 0.3 is 5.97 Å². The summed E-state index contributed by atoms with van der Waals surface area (Å²) in [6, 6.07) is 11.0. The van der Waals surface area contributed by atoms with Crippen molar-refractivity contribution in [3.05, 3.63) is 77.9 Å². The van der Waals surface area contributed by atoms with Gasteiger partial charge in [-0.1, -0.05) is 68.3 Å². The maximum Gasteiger partial charge on any atom is 0.329 e. The maximum atomic E-state index is 14.4. The lowest BCUT2D eigenvalue weighted by Gasteiger charge is -2.36. The summed E-state index contributed by atoms with van der Waals surface area (Å²) in [5.41, 5.74) is 2.45. The molecule has 4 rings (SSSR count). The Morgan fingerprint density at radius 1 is 0.873 bits per heavy atom. The van der Waals surface area contributed by atoms with Crippen LogP contribution < -0.4 is 15.4 Å². The van der Waals surface area contributed by atoms with E-state index in [0.29, 0.717) is 43.6 Å². The Hall–Kier alpha value is -5.20. The summed E-state index contributed by atoms with van der Waals surface area (Å²) in [6.45, 7) is 13.3. The minimum absolute atomic E-state index is 0.0445. The topological polar surface area (TPSA) is 155 Å². The zero-order chi connectivity index (χ0) is 40.4. The van der Waals surface area contributed by atoms with E-state index >= 15 is 0 Å². The van der Waals surface area contributed by atoms with Gasteiger partial charge in [0.2, 0.25) is 23.6 Å². The normalized spacial score (nSPS) is 25.3. The fourth-order valence-electron chi connectivity index (χ4n) is 6.94. The van der Waals surface area contributed by atoms with Gasteiger partial charge in [-0.15, -0.1) is 6.58 Å². The molecule has 0 aliphatic carbocycles. The SMILES string of the molecule is C=C(C)CCOc1ccc(CC2NC(=O)C(C(C)CC)N(C)C(=O)C(C)NC(=O)C3CCCN3C(=O)C(Cc3ccccc3)OC(=O)C(C)N(C)C2=O)cc1. The Morgan fingerprint density at radius 2 is 1.53 bits per heavy atom. The second-order valence-corrected chi connectivity index (χ2v) is 14.9. The van der Waals surface area contributed by atoms with Gasteiger partial charge in [0.1, 0.15) is 36.0 Å². The molecule has 0 spiro atoms. The van der Waals surface area contributed by atoms with Crippen molar-refractivity contribution in [2.75, 3.05) is 27.2 Å². The molecule has 13 heteroatoms. The number of hydrogen-bond donors (Lipinski definition) is 2. The van der Waals surface area contributed by atoms with Crippen molar-refractivity contribution in [2.24, 2.45) is 5.92 Å². The van der Waals surface area contributed by atoms with Crippen LogP contribution in [0.2, 0.25) is 0 Å². The van der Waals surface area contributed by atoms with E-state index in [4.69, 9.17) is 9.47 Å². The van der Waals surface area contributed by atoms with Crippen LogP contribution in [-0.4, -0.2) is 114 Å². The van der Waals surface area contributed by atoms with Crippen LogP contribution in [0.15, 0.2) is 66.7 Å². The smallest absolute Gasteiger partial charge is 0.329 e. The first-order valence-corrected chi connectivity index (χ1v) is 19.2. The van der Waals surface area contributed by atoms with Gasteiger partial charge in [-0.25, -0.2) is 4.79 Å². The number of esters is 1. The fourth-order valence-corrected chi connectivity index (χ4v) is 6.94. The molecule has 0 bridgehead atoms. The first-order valence-electron chi connectivity index (χ1n) is 19.2. The molecule has 2 aliphatic heterocycles. The number of carbonyl (C=O) groups excluding carboxylic acids is 6. The van der Waals surface area contributed by atoms with Crippen LogP contribution in [0, 0.1) is 5.92 Å². The highest BCUT2D eigenvalue weighted by Crippen LogP contribution is 2.23. The molecular formula is C42H57N5O8. The molecule has 5 amide bonds. The third kappa shape index (κ3) is 10.9. The summed E-state index contributed by atoms with van der Waals surface area (Å²) >= 11 is 0. The molecule has 0 radical (unpaired) electrons. The fraction of sp³-hybridized carbons (Fsp3) is 0.524. The molecule has 55 heavy (non-hydrogen) atoms. The first kappa shape index (κ1) is 42.5. The summed E-state index contributed by atoms with van der Waals surface area (Å²) in [5, 5.41) is 5.67. The lowest BCUT2D eigenvalue weighted by molar-refractivity contribution is -0.166. The number of hydrogen-bond acceptors (Lipinski definition) is 8. The number of likely N-dealkylation sites (N-methyl/N-ethyl adjacent to an activating group) is 2. The van der Waals surface area contributed by atoms with E-state index in [1.54, 1.807) is 24.3 Å². The van der Waals surface area contributed by atoms with E-state index in [0.717, 1.165) is 11.1 Å². The zero-order valence-corrected chi connectivity index (χ0v) is 33.2. The predicted molar refractivity (Wildman–Crippen MR) is 208 cm³/mol. The molecule has 2 saturated heterocycles. The van der Waals surface area contributed by atoms with Crippen molar-refractivity contribution >= 4 is 35.5 Å². The number of nitrogens with one attached hydrogen (secondary N) is 2. The average Bonchev–Trinajstić information content (AvgIpc) is 3.67. The quantitative estimate of drug-likeness (QED) is 0.276. The number of fused-ring (bicyclic) bond motifs is 1. The van der Waals surface area contributed by atoms with Crippen molar-refractivity contribution in [3.8, 4) is 5.75 Å². The van der Waals surface area contributed by atoms with Crippen molar-refractivity contribution in [3.63, 3.8) is 0 Å². The van der Waals surface area contributed by atoms with Gasteiger partial charge in [-0.2, -0.15) is 0 Å². The van der Waals surface area contributed by atoms with Crippen LogP contribution in [0.25, 0.3) is 0 Å². The van der Waals surface area contributed by atoms with Crippen LogP contribution in [0.1, 0.15) is 71.4 Å². The Kier molecular flexibility index (Phi) is 15.0. The van der Waals surface area contributed by atoms with E-state index in [1.807, 2.05) is 51.1 Å². The molecule has 2 N–H and O–H groups in total. The highest BCUT2D eigenvalue weighted by Gasteiger charge is 2.42. The predicted octanol–water partition coefficient (Wildman–Crippen LogP) is 3.44. The van der Waals surface area contributed by atoms with Gasteiger partial charge in [0.25, 0.3) is 5.91 Å². The summed E-state index contributed by atoms with van der Waals surface area (Å²) < 4.78 is 11.7. The Balaban J connectivity index is 1.72. The first-order chi connectivity index (χ1) is 26.1. The Bertz CT molecular complexity index is 1700. The van der Waals surface area contributed by atoms with Gasteiger partial charge < -0.3 is 34.8 Å². The van der Waals surface area contributed by atoms with Crippen molar-refractivity contribution in [2.45, 2.75) is 109 Å². The number of nitrogens with zero attached hydrogens (tertiary/aromatic N) is 3. The number of carbonyl (C=O) groups is 6.